The number of likely N-dealkylation sites (tertiary alicyclic amines) is 3. The van der Waals surface area contributed by atoms with Crippen LogP contribution in [-0.4, -0.2) is 164 Å². The van der Waals surface area contributed by atoms with Crippen LogP contribution >= 0.6 is 0 Å². The molecule has 0 radical (unpaired) electrons. The van der Waals surface area contributed by atoms with Gasteiger partial charge in [-0.05, 0) is 234 Å². The van der Waals surface area contributed by atoms with Crippen molar-refractivity contribution >= 4 is 85.8 Å². The molecule has 0 spiro atoms. The summed E-state index contributed by atoms with van der Waals surface area (Å²) in [6, 6.07) is 11.0. The molecule has 0 aliphatic carbocycles. The number of nitriles is 3. The molecule has 0 aromatic heterocycles. The van der Waals surface area contributed by atoms with Gasteiger partial charge in [0, 0.05) is 95.9 Å². The normalized spacial score (nSPS) is 17.2. The van der Waals surface area contributed by atoms with E-state index < -0.39 is 66.6 Å². The van der Waals surface area contributed by atoms with Crippen molar-refractivity contribution in [3.8, 4) is 18.2 Å². The number of nitrogens with zero attached hydrogens (tertiary/aromatic N) is 6. The van der Waals surface area contributed by atoms with Crippen molar-refractivity contribution in [2.24, 2.45) is 22.0 Å². The van der Waals surface area contributed by atoms with E-state index in [1.54, 1.807) is 0 Å². The van der Waals surface area contributed by atoms with Gasteiger partial charge in [0.1, 0.15) is 0 Å². The van der Waals surface area contributed by atoms with E-state index >= 15 is 0 Å². The molecule has 5 N–H and O–H groups in total. The molecular formula is C69H146N10O10Si6. The molecule has 26 heteroatoms. The average Bonchev–Trinajstić information content (AvgIpc) is 1.96. The molecule has 0 bridgehead atoms. The smallest absolute Gasteiger partial charge is 0.311 e. The Morgan fingerprint density at radius 3 is 0.863 bits per heavy atom. The van der Waals surface area contributed by atoms with Crippen LogP contribution in [0.5, 0.6) is 0 Å². The lowest BCUT2D eigenvalue weighted by Gasteiger charge is -2.39. The van der Waals surface area contributed by atoms with E-state index in [1.807, 2.05) is 56.2 Å². The summed E-state index contributed by atoms with van der Waals surface area (Å²) < 4.78 is 26.7. The first kappa shape index (κ1) is 100. The molecule has 3 rings (SSSR count). The summed E-state index contributed by atoms with van der Waals surface area (Å²) in [5.41, 5.74) is 3.73. The maximum Gasteiger partial charge on any atom is 0.311 e. The van der Waals surface area contributed by atoms with Crippen LogP contribution in [0.25, 0.3) is 0 Å². The van der Waals surface area contributed by atoms with Gasteiger partial charge in [-0.25, -0.2) is 0 Å². The van der Waals surface area contributed by atoms with Gasteiger partial charge in [0.2, 0.25) is 35.4 Å². The molecular weight excluding hydrogens is 1300 g/mol. The number of nitrogens with one attached hydrogen (secondary N) is 3. The summed E-state index contributed by atoms with van der Waals surface area (Å²) in [5, 5.41) is 38.6. The topological polar surface area (TPSA) is 283 Å². The van der Waals surface area contributed by atoms with E-state index in [2.05, 4.69) is 113 Å². The highest BCUT2D eigenvalue weighted by Crippen LogP contribution is 2.35. The fraction of sp³-hybridized carbons (Fsp3) is 0.870. The summed E-state index contributed by atoms with van der Waals surface area (Å²) in [6.45, 7) is 42.6. The molecule has 20 nitrogen and oxygen atoms in total. The van der Waals surface area contributed by atoms with Crippen molar-refractivity contribution in [1.29, 1.82) is 15.8 Å². The van der Waals surface area contributed by atoms with Gasteiger partial charge in [-0.2, -0.15) is 15.8 Å². The first-order valence-corrected chi connectivity index (χ1v) is 51.6. The molecule has 95 heavy (non-hydrogen) atoms. The molecule has 6 amide bonds. The fourth-order valence-electron chi connectivity index (χ4n) is 13.4. The van der Waals surface area contributed by atoms with E-state index in [1.165, 1.54) is 0 Å². The second kappa shape index (κ2) is 45.2. The van der Waals surface area contributed by atoms with E-state index in [0.29, 0.717) is 90.4 Å². The van der Waals surface area contributed by atoms with Gasteiger partial charge in [-0.1, -0.05) is 44.6 Å². The predicted molar refractivity (Wildman–Crippen MR) is 409 cm³/mol. The number of hydrogen-bond acceptors (Lipinski definition) is 14. The molecule has 0 aromatic rings. The van der Waals surface area contributed by atoms with Crippen LogP contribution in [0.15, 0.2) is 0 Å². The Bertz CT molecular complexity index is 2340. The molecule has 3 aliphatic rings. The highest BCUT2D eigenvalue weighted by Gasteiger charge is 2.42. The second-order valence-corrected chi connectivity index (χ2v) is 55.2. The Balaban J connectivity index is -0.000000569. The van der Waals surface area contributed by atoms with Crippen molar-refractivity contribution in [3.63, 3.8) is 0 Å². The van der Waals surface area contributed by atoms with Gasteiger partial charge in [0.25, 0.3) is 0 Å². The fourth-order valence-corrected chi connectivity index (χ4v) is 41.5. The van der Waals surface area contributed by atoms with E-state index in [-0.39, 0.29) is 111 Å². The molecule has 3 aliphatic heterocycles. The van der Waals surface area contributed by atoms with Crippen molar-refractivity contribution in [1.82, 2.24) is 30.7 Å². The minimum Gasteiger partial charge on any atom is -0.437 e. The van der Waals surface area contributed by atoms with Crippen molar-refractivity contribution in [2.45, 2.75) is 329 Å². The predicted octanol–water partition coefficient (Wildman–Crippen LogP) is 15.1. The minimum atomic E-state index is -2.43. The number of hydrogen-bond donors (Lipinski definition) is 4. The van der Waals surface area contributed by atoms with Gasteiger partial charge in [0.15, 0.2) is 33.3 Å². The highest BCUT2D eigenvalue weighted by atomic mass is 28.5. The van der Waals surface area contributed by atoms with Crippen LogP contribution in [-0.2, 0) is 45.2 Å². The van der Waals surface area contributed by atoms with Gasteiger partial charge in [-0.3, -0.25) is 28.8 Å². The maximum absolute atomic E-state index is 12.7. The van der Waals surface area contributed by atoms with Crippen LogP contribution in [0.4, 0.5) is 0 Å². The van der Waals surface area contributed by atoms with Crippen LogP contribution in [0.3, 0.4) is 0 Å². The zero-order chi connectivity index (χ0) is 67.7. The third kappa shape index (κ3) is 39.7. The summed E-state index contributed by atoms with van der Waals surface area (Å²) in [6.07, 6.45) is 11.9. The molecule has 556 valence electrons. The Hall–Kier alpha value is -3.61. The van der Waals surface area contributed by atoms with Gasteiger partial charge in [-0.15, -0.1) is 0 Å². The first-order valence-electron chi connectivity index (χ1n) is 33.5. The highest BCUT2D eigenvalue weighted by molar-refractivity contribution is 6.88. The molecule has 0 aromatic carbocycles. The van der Waals surface area contributed by atoms with E-state index in [0.717, 1.165) is 88.8 Å². The molecule has 0 saturated carbocycles. The lowest BCUT2D eigenvalue weighted by molar-refractivity contribution is -0.130. The van der Waals surface area contributed by atoms with Crippen molar-refractivity contribution in [2.75, 3.05) is 45.8 Å². The van der Waals surface area contributed by atoms with E-state index in [9.17, 15) is 44.6 Å². The first-order chi connectivity index (χ1) is 41.1. The average molecular weight is 1440 g/mol. The van der Waals surface area contributed by atoms with Crippen molar-refractivity contribution < 1.29 is 45.2 Å². The molecule has 6 unspecified atom stereocenters. The molecule has 6 atom stereocenters. The standard InChI is InChI=1S/C38H70N6O6Si3.C25H52N4O4Si3.6CH4/c1-31(43-23-11-15-35(43)47)27-37(3,29-39)19-17-33(45)41-21-13-25-51(5,6)49-53(9,10)50-52(7,8)26-14-22-42-34(46)18-20-38(4,30-40)28-32(2)44-24-12-16-36(44)48;1-22(29-17-9-12-24(29)31)20-25(2,21-27)14-13-23(30)28-16-11-19-35(5,6)33-36(7,8)32-34(3,4)18-10-15-26;;;;;;/h31-32H,11-28H2,1-10H3,(H,41,45)(H,42,46);22H,9-20,26H2,1-8H3,(H,28,30);6*1H4. The number of carbonyl (C=O) groups is 6. The van der Waals surface area contributed by atoms with Crippen LogP contribution in [0, 0.1) is 50.2 Å². The van der Waals surface area contributed by atoms with Crippen LogP contribution < -0.4 is 21.7 Å². The summed E-state index contributed by atoms with van der Waals surface area (Å²) >= 11 is 0. The summed E-state index contributed by atoms with van der Waals surface area (Å²) in [5.74, 6) is 0.349. The number of amides is 6. The zero-order valence-electron chi connectivity index (χ0n) is 58.8. The number of carbonyl (C=O) groups excluding carboxylic acids is 6. The zero-order valence-corrected chi connectivity index (χ0v) is 64.8. The monoisotopic (exact) mass is 1440 g/mol. The largest absolute Gasteiger partial charge is 0.437 e. The maximum atomic E-state index is 12.7. The Kier molecular flexibility index (Phi) is 47.6. The number of nitrogens with two attached hydrogens (primary N) is 1. The Morgan fingerprint density at radius 1 is 0.453 bits per heavy atom. The third-order valence-electron chi connectivity index (χ3n) is 17.6. The second-order valence-electron chi connectivity index (χ2n) is 30.2. The van der Waals surface area contributed by atoms with Crippen LogP contribution in [0.1, 0.15) is 208 Å². The third-order valence-corrected chi connectivity index (χ3v) is 40.5. The Labute approximate surface area is 589 Å². The lowest BCUT2D eigenvalue weighted by atomic mass is 9.80. The molecule has 3 saturated heterocycles. The quantitative estimate of drug-likeness (QED) is 0.0327. The SMILES string of the molecule is C.C.C.C.C.C.CC(CC(C)(C#N)CCC(=O)NCCC[Si](C)(C)O[Si](C)(C)O[Si](C)(C)CCCN)N1CCCC1=O.CC(CC(C)(C#N)CCC(=O)NCCC[Si](C)(C)O[Si](C)(C)O[Si](C)(C)CCCNC(=O)CCC(C)(C#N)CC(C)N1CCCC1=O)N1CCCC1=O. The van der Waals surface area contributed by atoms with Crippen molar-refractivity contribution in [3.05, 3.63) is 0 Å². The van der Waals surface area contributed by atoms with Crippen LogP contribution in [0.2, 0.25) is 103 Å². The lowest BCUT2D eigenvalue weighted by Crippen LogP contribution is -2.52. The van der Waals surface area contributed by atoms with Gasteiger partial charge in [0.05, 0.1) is 34.5 Å². The van der Waals surface area contributed by atoms with E-state index in [4.69, 9.17) is 22.2 Å². The molecule has 3 heterocycles. The van der Waals surface area contributed by atoms with Gasteiger partial charge >= 0.3 is 17.1 Å². The molecule has 3 fully saturated rings. The van der Waals surface area contributed by atoms with Gasteiger partial charge < -0.3 is 52.8 Å². The summed E-state index contributed by atoms with van der Waals surface area (Å²) in [7, 11) is -12.5. The number of rotatable bonds is 41. The minimum absolute atomic E-state index is 0. The Morgan fingerprint density at radius 2 is 0.674 bits per heavy atom. The summed E-state index contributed by atoms with van der Waals surface area (Å²) in [4.78, 5) is 79.7.